The van der Waals surface area contributed by atoms with Crippen molar-refractivity contribution in [2.75, 3.05) is 18.5 Å². The van der Waals surface area contributed by atoms with Crippen molar-refractivity contribution in [3.8, 4) is 0 Å². The van der Waals surface area contributed by atoms with E-state index in [9.17, 15) is 0 Å². The Morgan fingerprint density at radius 2 is 2.25 bits per heavy atom. The molecule has 0 bridgehead atoms. The molecule has 2 heterocycles. The van der Waals surface area contributed by atoms with Crippen molar-refractivity contribution < 1.29 is 0 Å². The maximum absolute atomic E-state index is 4.31. The quantitative estimate of drug-likeness (QED) is 0.803. The van der Waals surface area contributed by atoms with Gasteiger partial charge in [0.05, 0.1) is 11.6 Å². The van der Waals surface area contributed by atoms with E-state index in [2.05, 4.69) is 42.8 Å². The van der Waals surface area contributed by atoms with Gasteiger partial charge >= 0.3 is 0 Å². The zero-order valence-electron chi connectivity index (χ0n) is 9.55. The van der Waals surface area contributed by atoms with Crippen LogP contribution in [0.25, 0.3) is 11.0 Å². The normalized spacial score (nSPS) is 13.0. The molecule has 0 aromatic carbocycles. The van der Waals surface area contributed by atoms with E-state index in [0.29, 0.717) is 4.83 Å². The lowest BCUT2D eigenvalue weighted by Gasteiger charge is -2.19. The third-order valence-corrected chi connectivity index (χ3v) is 2.68. The van der Waals surface area contributed by atoms with E-state index in [4.69, 9.17) is 0 Å². The first-order valence-electron chi connectivity index (χ1n) is 5.07. The van der Waals surface area contributed by atoms with Gasteiger partial charge in [0.25, 0.3) is 0 Å². The SMILES string of the molecule is CC(Br)CN(C)c1ncnc2c1cnn2C. The van der Waals surface area contributed by atoms with Crippen LogP contribution in [-0.4, -0.2) is 38.2 Å². The lowest BCUT2D eigenvalue weighted by atomic mass is 10.3. The molecule has 1 unspecified atom stereocenters. The zero-order chi connectivity index (χ0) is 11.7. The first-order chi connectivity index (χ1) is 7.59. The molecule has 0 saturated carbocycles. The van der Waals surface area contributed by atoms with Gasteiger partial charge in [-0.2, -0.15) is 5.10 Å². The molecule has 0 amide bonds. The maximum Gasteiger partial charge on any atom is 0.163 e. The van der Waals surface area contributed by atoms with Crippen molar-refractivity contribution in [1.29, 1.82) is 0 Å². The Morgan fingerprint density at radius 3 is 2.94 bits per heavy atom. The molecule has 0 fully saturated rings. The fraction of sp³-hybridized carbons (Fsp3) is 0.500. The molecular weight excluding hydrogens is 270 g/mol. The highest BCUT2D eigenvalue weighted by Crippen LogP contribution is 2.21. The number of aromatic nitrogens is 4. The summed E-state index contributed by atoms with van der Waals surface area (Å²) in [5.41, 5.74) is 0.860. The fourth-order valence-corrected chi connectivity index (χ4v) is 2.15. The third-order valence-electron chi connectivity index (χ3n) is 2.40. The molecule has 0 aliphatic rings. The molecule has 5 nitrogen and oxygen atoms in total. The molecule has 0 aliphatic heterocycles. The smallest absolute Gasteiger partial charge is 0.163 e. The Labute approximate surface area is 103 Å². The summed E-state index contributed by atoms with van der Waals surface area (Å²) in [6.07, 6.45) is 3.38. The number of rotatable bonds is 3. The van der Waals surface area contributed by atoms with Crippen molar-refractivity contribution in [3.63, 3.8) is 0 Å². The summed E-state index contributed by atoms with van der Waals surface area (Å²) in [5.74, 6) is 0.921. The van der Waals surface area contributed by atoms with Crippen molar-refractivity contribution in [2.24, 2.45) is 7.05 Å². The van der Waals surface area contributed by atoms with Crippen LogP contribution >= 0.6 is 15.9 Å². The number of hydrogen-bond acceptors (Lipinski definition) is 4. The van der Waals surface area contributed by atoms with Gasteiger partial charge < -0.3 is 4.90 Å². The topological polar surface area (TPSA) is 46.8 Å². The molecule has 86 valence electrons. The van der Waals surface area contributed by atoms with Gasteiger partial charge in [0.2, 0.25) is 0 Å². The van der Waals surface area contributed by atoms with Crippen molar-refractivity contribution in [3.05, 3.63) is 12.5 Å². The summed E-state index contributed by atoms with van der Waals surface area (Å²) in [4.78, 5) is 11.0. The van der Waals surface area contributed by atoms with Crippen molar-refractivity contribution in [1.82, 2.24) is 19.7 Å². The molecule has 0 saturated heterocycles. The monoisotopic (exact) mass is 283 g/mol. The van der Waals surface area contributed by atoms with Crippen LogP contribution in [0, 0.1) is 0 Å². The average Bonchev–Trinajstić information content (AvgIpc) is 2.59. The Balaban J connectivity index is 2.44. The number of nitrogens with zero attached hydrogens (tertiary/aromatic N) is 5. The fourth-order valence-electron chi connectivity index (χ4n) is 1.72. The van der Waals surface area contributed by atoms with Gasteiger partial charge in [-0.1, -0.05) is 22.9 Å². The maximum atomic E-state index is 4.31. The van der Waals surface area contributed by atoms with Gasteiger partial charge in [0.15, 0.2) is 5.65 Å². The number of alkyl halides is 1. The van der Waals surface area contributed by atoms with Crippen LogP contribution in [0.1, 0.15) is 6.92 Å². The van der Waals surface area contributed by atoms with Crippen LogP contribution in [0.4, 0.5) is 5.82 Å². The minimum atomic E-state index is 0.416. The summed E-state index contributed by atoms with van der Waals surface area (Å²) in [5, 5.41) is 5.18. The predicted octanol–water partition coefficient (Wildman–Crippen LogP) is 1.58. The minimum Gasteiger partial charge on any atom is -0.358 e. The molecule has 16 heavy (non-hydrogen) atoms. The Morgan fingerprint density at radius 1 is 1.50 bits per heavy atom. The molecule has 2 rings (SSSR count). The second-order valence-electron chi connectivity index (χ2n) is 3.86. The first kappa shape index (κ1) is 11.3. The second-order valence-corrected chi connectivity index (χ2v) is 5.43. The lowest BCUT2D eigenvalue weighted by Crippen LogP contribution is -2.25. The van der Waals surface area contributed by atoms with Crippen LogP contribution in [0.15, 0.2) is 12.5 Å². The number of hydrogen-bond donors (Lipinski definition) is 0. The average molecular weight is 284 g/mol. The van der Waals surface area contributed by atoms with Crippen molar-refractivity contribution in [2.45, 2.75) is 11.8 Å². The van der Waals surface area contributed by atoms with Crippen LogP contribution < -0.4 is 4.90 Å². The Kier molecular flexibility index (Phi) is 3.09. The first-order valence-corrected chi connectivity index (χ1v) is 5.99. The number of fused-ring (bicyclic) bond motifs is 1. The minimum absolute atomic E-state index is 0.416. The molecule has 6 heteroatoms. The summed E-state index contributed by atoms with van der Waals surface area (Å²) in [6.45, 7) is 3.00. The number of halogens is 1. The van der Waals surface area contributed by atoms with E-state index in [1.54, 1.807) is 17.2 Å². The summed E-state index contributed by atoms with van der Waals surface area (Å²) < 4.78 is 1.76. The van der Waals surface area contributed by atoms with E-state index in [-0.39, 0.29) is 0 Å². The second kappa shape index (κ2) is 4.37. The summed E-state index contributed by atoms with van der Waals surface area (Å²) in [7, 11) is 3.90. The van der Waals surface area contributed by atoms with E-state index in [1.165, 1.54) is 0 Å². The van der Waals surface area contributed by atoms with Gasteiger partial charge in [0, 0.05) is 25.5 Å². The predicted molar refractivity (Wildman–Crippen MR) is 68.0 cm³/mol. The molecular formula is C10H14BrN5. The number of anilines is 1. The largest absolute Gasteiger partial charge is 0.358 e. The Hall–Kier alpha value is -1.17. The van der Waals surface area contributed by atoms with Crippen LogP contribution in [0.2, 0.25) is 0 Å². The van der Waals surface area contributed by atoms with Gasteiger partial charge in [-0.3, -0.25) is 4.68 Å². The highest BCUT2D eigenvalue weighted by molar-refractivity contribution is 9.09. The molecule has 2 aromatic heterocycles. The standard InChI is InChI=1S/C10H14BrN5/c1-7(11)5-15(2)9-8-4-14-16(3)10(8)13-6-12-9/h4,6-7H,5H2,1-3H3. The van der Waals surface area contributed by atoms with E-state index in [1.807, 2.05) is 14.1 Å². The molecule has 1 atom stereocenters. The number of aryl methyl sites for hydroxylation is 1. The summed E-state index contributed by atoms with van der Waals surface area (Å²) >= 11 is 3.54. The zero-order valence-corrected chi connectivity index (χ0v) is 11.1. The Bertz CT molecular complexity index is 493. The molecule has 0 spiro atoms. The van der Waals surface area contributed by atoms with E-state index < -0.39 is 0 Å². The van der Waals surface area contributed by atoms with Gasteiger partial charge in [-0.15, -0.1) is 0 Å². The van der Waals surface area contributed by atoms with Gasteiger partial charge in [-0.25, -0.2) is 9.97 Å². The van der Waals surface area contributed by atoms with E-state index in [0.717, 1.165) is 23.4 Å². The van der Waals surface area contributed by atoms with Gasteiger partial charge in [-0.05, 0) is 0 Å². The van der Waals surface area contributed by atoms with E-state index >= 15 is 0 Å². The molecule has 0 radical (unpaired) electrons. The molecule has 0 aliphatic carbocycles. The lowest BCUT2D eigenvalue weighted by molar-refractivity contribution is 0.785. The highest BCUT2D eigenvalue weighted by Gasteiger charge is 2.12. The molecule has 0 N–H and O–H groups in total. The van der Waals surface area contributed by atoms with Crippen molar-refractivity contribution >= 4 is 32.8 Å². The highest BCUT2D eigenvalue weighted by atomic mass is 79.9. The summed E-state index contributed by atoms with van der Waals surface area (Å²) in [6, 6.07) is 0. The van der Waals surface area contributed by atoms with Gasteiger partial charge in [0.1, 0.15) is 12.1 Å². The van der Waals surface area contributed by atoms with Crippen LogP contribution in [0.3, 0.4) is 0 Å². The van der Waals surface area contributed by atoms with Crippen LogP contribution in [-0.2, 0) is 7.05 Å². The molecule has 2 aromatic rings. The van der Waals surface area contributed by atoms with Crippen LogP contribution in [0.5, 0.6) is 0 Å². The third kappa shape index (κ3) is 2.02.